The van der Waals surface area contributed by atoms with Gasteiger partial charge in [-0.25, -0.2) is 4.79 Å². The van der Waals surface area contributed by atoms with Gasteiger partial charge in [0, 0.05) is 12.6 Å². The lowest BCUT2D eigenvalue weighted by Gasteiger charge is -2.16. The quantitative estimate of drug-likeness (QED) is 0.684. The maximum absolute atomic E-state index is 11.4. The fourth-order valence-corrected chi connectivity index (χ4v) is 1.84. The van der Waals surface area contributed by atoms with Crippen molar-refractivity contribution in [2.75, 3.05) is 26.7 Å². The SMILES string of the molecule is COC(=O)NC(=O)CN1CCC(C(C)N)C1. The van der Waals surface area contributed by atoms with E-state index in [9.17, 15) is 9.59 Å². The maximum Gasteiger partial charge on any atom is 0.413 e. The predicted octanol–water partition coefficient (Wildman–Crippen LogP) is -0.462. The van der Waals surface area contributed by atoms with Crippen LogP contribution in [0.2, 0.25) is 0 Å². The summed E-state index contributed by atoms with van der Waals surface area (Å²) >= 11 is 0. The van der Waals surface area contributed by atoms with Gasteiger partial charge < -0.3 is 10.5 Å². The van der Waals surface area contributed by atoms with E-state index in [1.807, 2.05) is 11.8 Å². The normalized spacial score (nSPS) is 22.8. The molecular weight excluding hydrogens is 210 g/mol. The number of carbonyl (C=O) groups excluding carboxylic acids is 2. The van der Waals surface area contributed by atoms with Crippen molar-refractivity contribution in [3.8, 4) is 0 Å². The molecule has 0 aromatic carbocycles. The minimum atomic E-state index is -0.715. The van der Waals surface area contributed by atoms with Crippen molar-refractivity contribution >= 4 is 12.0 Å². The van der Waals surface area contributed by atoms with E-state index < -0.39 is 6.09 Å². The van der Waals surface area contributed by atoms with E-state index in [-0.39, 0.29) is 18.5 Å². The van der Waals surface area contributed by atoms with Crippen molar-refractivity contribution in [3.63, 3.8) is 0 Å². The molecule has 0 saturated carbocycles. The highest BCUT2D eigenvalue weighted by atomic mass is 16.5. The second kappa shape index (κ2) is 5.81. The third-order valence-electron chi connectivity index (χ3n) is 2.85. The molecule has 0 radical (unpaired) electrons. The van der Waals surface area contributed by atoms with E-state index in [1.54, 1.807) is 0 Å². The number of nitrogens with one attached hydrogen (secondary N) is 1. The third-order valence-corrected chi connectivity index (χ3v) is 2.85. The monoisotopic (exact) mass is 229 g/mol. The number of likely N-dealkylation sites (tertiary alicyclic amines) is 1. The largest absolute Gasteiger partial charge is 0.453 e. The van der Waals surface area contributed by atoms with Gasteiger partial charge in [0.15, 0.2) is 0 Å². The Kier molecular flexibility index (Phi) is 4.70. The lowest BCUT2D eigenvalue weighted by molar-refractivity contribution is -0.121. The van der Waals surface area contributed by atoms with Gasteiger partial charge in [0.25, 0.3) is 0 Å². The van der Waals surface area contributed by atoms with Gasteiger partial charge in [-0.15, -0.1) is 0 Å². The summed E-state index contributed by atoms with van der Waals surface area (Å²) in [6, 6.07) is 0.147. The molecule has 2 amide bonds. The van der Waals surface area contributed by atoms with Crippen molar-refractivity contribution in [2.45, 2.75) is 19.4 Å². The molecule has 1 rings (SSSR count). The Morgan fingerprint density at radius 2 is 2.31 bits per heavy atom. The van der Waals surface area contributed by atoms with Crippen LogP contribution in [0.15, 0.2) is 0 Å². The predicted molar refractivity (Wildman–Crippen MR) is 58.7 cm³/mol. The van der Waals surface area contributed by atoms with Crippen LogP contribution in [0.25, 0.3) is 0 Å². The number of hydrogen-bond acceptors (Lipinski definition) is 5. The molecule has 0 bridgehead atoms. The van der Waals surface area contributed by atoms with Crippen LogP contribution < -0.4 is 11.1 Å². The fraction of sp³-hybridized carbons (Fsp3) is 0.800. The van der Waals surface area contributed by atoms with E-state index in [2.05, 4.69) is 10.1 Å². The highest BCUT2D eigenvalue weighted by Crippen LogP contribution is 2.17. The average Bonchev–Trinajstić information content (AvgIpc) is 2.65. The zero-order valence-electron chi connectivity index (χ0n) is 9.73. The van der Waals surface area contributed by atoms with Crippen LogP contribution in [-0.2, 0) is 9.53 Å². The summed E-state index contributed by atoms with van der Waals surface area (Å²) in [4.78, 5) is 24.1. The van der Waals surface area contributed by atoms with Crippen LogP contribution in [0.4, 0.5) is 4.79 Å². The number of imide groups is 1. The zero-order valence-corrected chi connectivity index (χ0v) is 9.73. The number of hydrogen-bond donors (Lipinski definition) is 2. The first-order valence-corrected chi connectivity index (χ1v) is 5.38. The standard InChI is InChI=1S/C10H19N3O3/c1-7(11)8-3-4-13(5-8)6-9(14)12-10(15)16-2/h7-8H,3-6,11H2,1-2H3,(H,12,14,15). The molecule has 0 spiro atoms. The highest BCUT2D eigenvalue weighted by Gasteiger charge is 2.26. The molecule has 0 aromatic rings. The van der Waals surface area contributed by atoms with Gasteiger partial charge in [-0.2, -0.15) is 0 Å². The topological polar surface area (TPSA) is 84.7 Å². The first-order valence-electron chi connectivity index (χ1n) is 5.38. The first-order chi connectivity index (χ1) is 7.52. The Labute approximate surface area is 95.1 Å². The number of alkyl carbamates (subject to hydrolysis) is 1. The van der Waals surface area contributed by atoms with Crippen molar-refractivity contribution in [1.82, 2.24) is 10.2 Å². The Bertz CT molecular complexity index is 268. The second-order valence-corrected chi connectivity index (χ2v) is 4.18. The summed E-state index contributed by atoms with van der Waals surface area (Å²) < 4.78 is 4.34. The molecule has 16 heavy (non-hydrogen) atoms. The van der Waals surface area contributed by atoms with Gasteiger partial charge in [-0.3, -0.25) is 15.0 Å². The summed E-state index contributed by atoms with van der Waals surface area (Å²) in [5.74, 6) is 0.100. The molecule has 1 fully saturated rings. The molecule has 3 N–H and O–H groups in total. The van der Waals surface area contributed by atoms with E-state index in [0.717, 1.165) is 19.5 Å². The molecule has 1 saturated heterocycles. The lowest BCUT2D eigenvalue weighted by Crippen LogP contribution is -2.39. The van der Waals surface area contributed by atoms with Gasteiger partial charge in [0.2, 0.25) is 5.91 Å². The third kappa shape index (κ3) is 3.79. The van der Waals surface area contributed by atoms with Crippen molar-refractivity contribution in [1.29, 1.82) is 0 Å². The molecule has 92 valence electrons. The van der Waals surface area contributed by atoms with Gasteiger partial charge in [0.05, 0.1) is 13.7 Å². The zero-order chi connectivity index (χ0) is 12.1. The van der Waals surface area contributed by atoms with Gasteiger partial charge in [0.1, 0.15) is 0 Å². The summed E-state index contributed by atoms with van der Waals surface area (Å²) in [7, 11) is 1.23. The molecule has 1 heterocycles. The van der Waals surface area contributed by atoms with E-state index in [4.69, 9.17) is 5.73 Å². The van der Waals surface area contributed by atoms with Crippen LogP contribution in [0, 0.1) is 5.92 Å². The maximum atomic E-state index is 11.4. The Hall–Kier alpha value is -1.14. The molecule has 1 aliphatic rings. The van der Waals surface area contributed by atoms with Crippen molar-refractivity contribution in [3.05, 3.63) is 0 Å². The van der Waals surface area contributed by atoms with Crippen molar-refractivity contribution in [2.24, 2.45) is 11.7 Å². The minimum Gasteiger partial charge on any atom is -0.453 e. The second-order valence-electron chi connectivity index (χ2n) is 4.18. The number of methoxy groups -OCH3 is 1. The van der Waals surface area contributed by atoms with E-state index in [0.29, 0.717) is 5.92 Å². The van der Waals surface area contributed by atoms with Crippen LogP contribution in [0.5, 0.6) is 0 Å². The fourth-order valence-electron chi connectivity index (χ4n) is 1.84. The lowest BCUT2D eigenvalue weighted by atomic mass is 10.0. The van der Waals surface area contributed by atoms with Crippen LogP contribution in [0.3, 0.4) is 0 Å². The number of amides is 2. The molecule has 1 aliphatic heterocycles. The molecular formula is C10H19N3O3. The summed E-state index contributed by atoms with van der Waals surface area (Å²) in [6.07, 6.45) is 0.288. The number of nitrogens with zero attached hydrogens (tertiary/aromatic N) is 1. The smallest absolute Gasteiger partial charge is 0.413 e. The van der Waals surface area contributed by atoms with E-state index in [1.165, 1.54) is 7.11 Å². The molecule has 0 aromatic heterocycles. The van der Waals surface area contributed by atoms with Gasteiger partial charge in [-0.05, 0) is 25.8 Å². The first kappa shape index (κ1) is 12.9. The minimum absolute atomic E-state index is 0.147. The Morgan fingerprint density at radius 1 is 1.62 bits per heavy atom. The summed E-state index contributed by atoms with van der Waals surface area (Å²) in [6.45, 7) is 3.86. The number of rotatable bonds is 3. The molecule has 6 heteroatoms. The highest BCUT2D eigenvalue weighted by molar-refractivity contribution is 5.92. The average molecular weight is 229 g/mol. The van der Waals surface area contributed by atoms with Crippen LogP contribution >= 0.6 is 0 Å². The van der Waals surface area contributed by atoms with E-state index >= 15 is 0 Å². The molecule has 2 unspecified atom stereocenters. The summed E-state index contributed by atoms with van der Waals surface area (Å²) in [5.41, 5.74) is 5.79. The Morgan fingerprint density at radius 3 is 2.81 bits per heavy atom. The number of ether oxygens (including phenoxy) is 1. The summed E-state index contributed by atoms with van der Waals surface area (Å²) in [5, 5.41) is 2.13. The number of carbonyl (C=O) groups is 2. The van der Waals surface area contributed by atoms with Gasteiger partial charge >= 0.3 is 6.09 Å². The molecule has 2 atom stereocenters. The van der Waals surface area contributed by atoms with Crippen LogP contribution in [-0.4, -0.2) is 49.7 Å². The molecule has 0 aliphatic carbocycles. The van der Waals surface area contributed by atoms with Crippen LogP contribution in [0.1, 0.15) is 13.3 Å². The number of nitrogens with two attached hydrogens (primary N) is 1. The molecule has 6 nitrogen and oxygen atoms in total. The van der Waals surface area contributed by atoms with Gasteiger partial charge in [-0.1, -0.05) is 0 Å². The Balaban J connectivity index is 2.28. The van der Waals surface area contributed by atoms with Crippen molar-refractivity contribution < 1.29 is 14.3 Å².